The fourth-order valence-corrected chi connectivity index (χ4v) is 11.1. The van der Waals surface area contributed by atoms with Gasteiger partial charge in [0.25, 0.3) is 0 Å². The third-order valence-corrected chi connectivity index (χ3v) is 14.4. The van der Waals surface area contributed by atoms with Crippen molar-refractivity contribution >= 4 is 75.7 Å². The van der Waals surface area contributed by atoms with Crippen LogP contribution in [0.15, 0.2) is 146 Å². The first kappa shape index (κ1) is 57.0. The van der Waals surface area contributed by atoms with Gasteiger partial charge in [-0.2, -0.15) is 0 Å². The average Bonchev–Trinajstić information content (AvgIpc) is 3.83. The molecule has 14 heteroatoms. The van der Waals surface area contributed by atoms with E-state index in [-0.39, 0.29) is 53.9 Å². The van der Waals surface area contributed by atoms with E-state index in [1.807, 2.05) is 58.3 Å². The summed E-state index contributed by atoms with van der Waals surface area (Å²) in [6.45, 7) is 11.5. The van der Waals surface area contributed by atoms with Gasteiger partial charge in [0.15, 0.2) is 0 Å². The summed E-state index contributed by atoms with van der Waals surface area (Å²) in [5.41, 5.74) is 10.4. The molecule has 0 bridgehead atoms. The molecule has 4 saturated heterocycles. The van der Waals surface area contributed by atoms with Gasteiger partial charge < -0.3 is 15.1 Å². The van der Waals surface area contributed by atoms with Crippen LogP contribution in [0.2, 0.25) is 0 Å². The van der Waals surface area contributed by atoms with Gasteiger partial charge >= 0.3 is 0 Å². The number of nitrogens with zero attached hydrogens (tertiary/aromatic N) is 3. The first-order chi connectivity index (χ1) is 34.1. The number of amides is 2. The third-order valence-electron chi connectivity index (χ3n) is 14.4. The van der Waals surface area contributed by atoms with Crippen molar-refractivity contribution in [1.82, 2.24) is 10.2 Å². The molecule has 2 amide bonds. The van der Waals surface area contributed by atoms with Crippen LogP contribution in [-0.4, -0.2) is 59.3 Å². The first-order valence-electron chi connectivity index (χ1n) is 24.6. The summed E-state index contributed by atoms with van der Waals surface area (Å²) < 4.78 is 27.3. The Bertz CT molecular complexity index is 2800. The third kappa shape index (κ3) is 14.3. The molecule has 0 saturated carbocycles. The van der Waals surface area contributed by atoms with Gasteiger partial charge in [0, 0.05) is 55.0 Å². The summed E-state index contributed by atoms with van der Waals surface area (Å²) in [6, 6.07) is 46.8. The molecule has 4 aliphatic rings. The number of carbonyl (C=O) groups is 3. The maximum Gasteiger partial charge on any atom is 0.227 e. The molecule has 380 valence electrons. The lowest BCUT2D eigenvalue weighted by atomic mass is 9.81. The monoisotopic (exact) mass is 1070 g/mol. The number of nitrogens with one attached hydrogen (secondary N) is 1. The number of hydrogen-bond donors (Lipinski definition) is 1. The van der Waals surface area contributed by atoms with Gasteiger partial charge in [-0.05, 0) is 167 Å². The molecule has 0 aromatic heterocycles. The van der Waals surface area contributed by atoms with Crippen molar-refractivity contribution in [3.8, 4) is 22.3 Å². The van der Waals surface area contributed by atoms with E-state index in [0.29, 0.717) is 36.3 Å². The minimum Gasteiger partial charge on any atom is -0.314 e. The maximum atomic E-state index is 13.9. The highest BCUT2D eigenvalue weighted by molar-refractivity contribution is 8.65. The van der Waals surface area contributed by atoms with E-state index in [2.05, 4.69) is 125 Å². The molecule has 1 N–H and O–H groups in total. The molecule has 4 fully saturated rings. The molecule has 7 nitrogen and oxygen atoms in total. The minimum atomic E-state index is -0.290. The first-order valence-corrected chi connectivity index (χ1v) is 30.7. The number of piperidine rings is 2. The van der Waals surface area contributed by atoms with E-state index in [9.17, 15) is 23.2 Å². The number of hydrogen-bond acceptors (Lipinski definition) is 5. The second-order valence-corrected chi connectivity index (χ2v) is 31.1. The Morgan fingerprint density at radius 3 is 1.64 bits per heavy atom. The van der Waals surface area contributed by atoms with Gasteiger partial charge in [0.05, 0.1) is 11.1 Å². The molecule has 6 aromatic rings. The summed E-state index contributed by atoms with van der Waals surface area (Å²) in [7, 11) is 7.94. The highest BCUT2D eigenvalue weighted by atomic mass is 35.5. The Hall–Kier alpha value is -4.28. The van der Waals surface area contributed by atoms with Gasteiger partial charge in [-0.3, -0.25) is 19.3 Å². The second kappa shape index (κ2) is 26.3. The number of aldehydes is 1. The number of halogens is 3. The lowest BCUT2D eigenvalue weighted by Crippen LogP contribution is -2.56. The Morgan fingerprint density at radius 2 is 1.14 bits per heavy atom. The molecule has 4 heterocycles. The van der Waals surface area contributed by atoms with Crippen LogP contribution in [-0.2, 0) is 16.1 Å². The topological polar surface area (TPSA) is 73.0 Å². The molecule has 10 rings (SSSR count). The number of rotatable bonds is 7. The fraction of sp³-hybridized carbons (Fsp3) is 0.328. The zero-order chi connectivity index (χ0) is 50.7. The highest BCUT2D eigenvalue weighted by Gasteiger charge is 2.50. The lowest BCUT2D eigenvalue weighted by Gasteiger charge is -2.48. The van der Waals surface area contributed by atoms with E-state index in [1.165, 1.54) is 57.6 Å². The Morgan fingerprint density at radius 1 is 0.639 bits per heavy atom. The number of carbonyl (C=O) groups excluding carboxylic acids is 3. The van der Waals surface area contributed by atoms with Crippen molar-refractivity contribution in [3.05, 3.63) is 179 Å². The van der Waals surface area contributed by atoms with E-state index in [0.717, 1.165) is 75.6 Å². The van der Waals surface area contributed by atoms with E-state index in [1.54, 1.807) is 12.1 Å². The van der Waals surface area contributed by atoms with Crippen LogP contribution in [0.4, 0.5) is 20.2 Å². The number of aryl methyl sites for hydroxylation is 2. The molecule has 0 aliphatic carbocycles. The van der Waals surface area contributed by atoms with Crippen LogP contribution in [0.5, 0.6) is 0 Å². The average molecular weight is 1070 g/mol. The molecule has 0 radical (unpaired) electrons. The molecule has 72 heavy (non-hydrogen) atoms. The van der Waals surface area contributed by atoms with Gasteiger partial charge in [-0.1, -0.05) is 97.1 Å². The van der Waals surface area contributed by atoms with Crippen LogP contribution < -0.4 is 15.1 Å². The van der Waals surface area contributed by atoms with Crippen molar-refractivity contribution in [1.29, 1.82) is 0 Å². The molecule has 6 aromatic carbocycles. The van der Waals surface area contributed by atoms with Gasteiger partial charge in [-0.25, -0.2) is 8.78 Å². The molecular formula is C58H69ClF2N4O3P4. The highest BCUT2D eigenvalue weighted by Crippen LogP contribution is 2.60. The van der Waals surface area contributed by atoms with Crippen molar-refractivity contribution in [2.24, 2.45) is 0 Å². The zero-order valence-electron chi connectivity index (χ0n) is 41.8. The van der Waals surface area contributed by atoms with E-state index < -0.39 is 0 Å². The van der Waals surface area contributed by atoms with Crippen LogP contribution in [0.25, 0.3) is 22.3 Å². The second-order valence-electron chi connectivity index (χ2n) is 19.5. The number of benzene rings is 6. The quantitative estimate of drug-likeness (QED) is 0.127. The van der Waals surface area contributed by atoms with Gasteiger partial charge in [0.2, 0.25) is 11.8 Å². The van der Waals surface area contributed by atoms with Gasteiger partial charge in [-0.15, -0.1) is 39.2 Å². The SMILES string of the molecule is C[C@H]1C[C@]2(CCN1)CCC(=O)N2c1cccc(F)c1.Cc1ccccc1-c1cccc(C=O)c1.Cc1ccccc1-c1cccc(CN2CC[C@]3(CCC(=O)N3c3cccc(F)c3)C[C@@H]2C)c1.Cl.PP(P)P. The standard InChI is InChI=1S/C29H31FN2O.C15H19FN2O.C14H12O.ClH.H6P4/c1-21-7-3-4-12-27(21)24-9-5-8-23(17-24)20-31-16-15-29(19-22(31)2)14-13-28(33)32(29)26-11-6-10-25(30)18-26;1-11-10-15(7-8-17-11)6-5-14(19)18(15)13-4-2-3-12(16)9-13;1-11-5-2-3-8-14(11)13-7-4-6-12(9-13)10-15;;1-4(2)3/h3-12,17-18,22H,13-16,19-20H2,1-2H3;2-4,9,11,17H,5-8,10H2,1H3;2-10H,1H3;1H;1-3H2/t22-,29+;11-,15+;;;/m00.../s1. The molecular weight excluding hydrogens is 998 g/mol. The Balaban J connectivity index is 0.000000184. The lowest BCUT2D eigenvalue weighted by molar-refractivity contribution is -0.118. The number of likely N-dealkylation sites (tertiary alicyclic amines) is 1. The maximum absolute atomic E-state index is 13.9. The van der Waals surface area contributed by atoms with E-state index >= 15 is 0 Å². The van der Waals surface area contributed by atoms with Crippen LogP contribution >= 0.6 is 46.2 Å². The normalized spacial score (nSPS) is 21.5. The molecule has 2 spiro atoms. The fourth-order valence-electron chi connectivity index (χ4n) is 11.1. The molecule has 7 atom stereocenters. The van der Waals surface area contributed by atoms with Crippen molar-refractivity contribution in [2.45, 2.75) is 109 Å². The molecule has 4 aliphatic heterocycles. The summed E-state index contributed by atoms with van der Waals surface area (Å²) in [5, 5.41) is 3.42. The largest absolute Gasteiger partial charge is 0.314 e. The van der Waals surface area contributed by atoms with Crippen LogP contribution in [0.1, 0.15) is 92.3 Å². The van der Waals surface area contributed by atoms with Crippen molar-refractivity contribution < 1.29 is 23.2 Å². The van der Waals surface area contributed by atoms with Crippen molar-refractivity contribution in [2.75, 3.05) is 22.9 Å². The van der Waals surface area contributed by atoms with Gasteiger partial charge in [0.1, 0.15) is 17.9 Å². The summed E-state index contributed by atoms with van der Waals surface area (Å²) in [4.78, 5) is 42.0. The number of anilines is 2. The van der Waals surface area contributed by atoms with Crippen LogP contribution in [0, 0.1) is 25.5 Å². The zero-order valence-corrected chi connectivity index (χ0v) is 47.0. The summed E-state index contributed by atoms with van der Waals surface area (Å²) in [5.74, 6) is -0.331. The van der Waals surface area contributed by atoms with E-state index in [4.69, 9.17) is 0 Å². The van der Waals surface area contributed by atoms with Crippen molar-refractivity contribution in [3.63, 3.8) is 0 Å². The summed E-state index contributed by atoms with van der Waals surface area (Å²) >= 11 is 0. The summed E-state index contributed by atoms with van der Waals surface area (Å²) in [6.07, 6.45) is 7.43. The minimum absolute atomic E-state index is 0. The smallest absolute Gasteiger partial charge is 0.227 e. The predicted octanol–water partition coefficient (Wildman–Crippen LogP) is 14.5. The predicted molar refractivity (Wildman–Crippen MR) is 309 cm³/mol. The Kier molecular flexibility index (Phi) is 20.8. The molecule has 3 unspecified atom stereocenters. The van der Waals surface area contributed by atoms with Crippen LogP contribution in [0.3, 0.4) is 0 Å². The Labute approximate surface area is 440 Å².